The van der Waals surface area contributed by atoms with E-state index in [1.165, 1.54) is 12.3 Å². The van der Waals surface area contributed by atoms with Crippen molar-refractivity contribution in [2.24, 2.45) is 0 Å². The smallest absolute Gasteiger partial charge is 0.169 e. The quantitative estimate of drug-likeness (QED) is 0.562. The Kier molecular flexibility index (Phi) is 1.22. The first-order valence-corrected chi connectivity index (χ1v) is 3.41. The van der Waals surface area contributed by atoms with Crippen molar-refractivity contribution in [3.8, 4) is 0 Å². The molecule has 0 saturated heterocycles. The molecule has 11 heavy (non-hydrogen) atoms. The summed E-state index contributed by atoms with van der Waals surface area (Å²) in [6, 6.07) is 4.93. The zero-order valence-electron chi connectivity index (χ0n) is 6.10. The molecule has 1 aromatic heterocycles. The molecule has 0 bridgehead atoms. The number of fused-ring (bicyclic) bond motifs is 1. The Morgan fingerprint density at radius 2 is 2.09 bits per heavy atom. The molecule has 0 N–H and O–H groups in total. The molecule has 0 amide bonds. The second-order valence-electron chi connectivity index (χ2n) is 2.53. The zero-order chi connectivity index (χ0) is 7.84. The number of benzene rings is 1. The minimum atomic E-state index is -0.296. The number of halogens is 1. The third-order valence-corrected chi connectivity index (χ3v) is 1.79. The predicted octanol–water partition coefficient (Wildman–Crippen LogP) is 2.88. The van der Waals surface area contributed by atoms with Crippen LogP contribution in [0.1, 0.15) is 5.56 Å². The van der Waals surface area contributed by atoms with Crippen LogP contribution in [-0.4, -0.2) is 0 Å². The fourth-order valence-corrected chi connectivity index (χ4v) is 1.17. The van der Waals surface area contributed by atoms with Gasteiger partial charge in [-0.3, -0.25) is 0 Å². The van der Waals surface area contributed by atoms with Crippen molar-refractivity contribution < 1.29 is 8.81 Å². The van der Waals surface area contributed by atoms with Gasteiger partial charge in [0.25, 0.3) is 0 Å². The molecule has 2 heteroatoms. The minimum absolute atomic E-state index is 0.296. The van der Waals surface area contributed by atoms with Crippen molar-refractivity contribution in [3.63, 3.8) is 0 Å². The van der Waals surface area contributed by atoms with Gasteiger partial charge in [0.1, 0.15) is 0 Å². The first-order valence-electron chi connectivity index (χ1n) is 3.41. The van der Waals surface area contributed by atoms with Gasteiger partial charge in [0.05, 0.1) is 6.26 Å². The van der Waals surface area contributed by atoms with Crippen LogP contribution in [0.4, 0.5) is 4.39 Å². The van der Waals surface area contributed by atoms with Gasteiger partial charge in [-0.1, -0.05) is 6.07 Å². The van der Waals surface area contributed by atoms with Crippen LogP contribution in [0.25, 0.3) is 11.0 Å². The molecule has 0 spiro atoms. The molecule has 0 aliphatic rings. The van der Waals surface area contributed by atoms with E-state index < -0.39 is 0 Å². The molecule has 2 rings (SSSR count). The van der Waals surface area contributed by atoms with E-state index >= 15 is 0 Å². The Labute approximate surface area is 63.4 Å². The molecular weight excluding hydrogens is 143 g/mol. The van der Waals surface area contributed by atoms with E-state index in [-0.39, 0.29) is 5.82 Å². The van der Waals surface area contributed by atoms with Crippen LogP contribution in [0, 0.1) is 12.7 Å². The van der Waals surface area contributed by atoms with Gasteiger partial charge < -0.3 is 4.42 Å². The van der Waals surface area contributed by atoms with Crippen molar-refractivity contribution in [3.05, 3.63) is 35.8 Å². The Balaban J connectivity index is 2.96. The van der Waals surface area contributed by atoms with Gasteiger partial charge in [-0.25, -0.2) is 4.39 Å². The first-order chi connectivity index (χ1) is 5.29. The molecule has 0 unspecified atom stereocenters. The molecule has 0 saturated carbocycles. The summed E-state index contributed by atoms with van der Waals surface area (Å²) < 4.78 is 17.9. The maximum absolute atomic E-state index is 12.9. The molecule has 0 radical (unpaired) electrons. The van der Waals surface area contributed by atoms with Crippen LogP contribution in [0.2, 0.25) is 0 Å². The van der Waals surface area contributed by atoms with Gasteiger partial charge in [-0.2, -0.15) is 0 Å². The molecule has 1 nitrogen and oxygen atoms in total. The third-order valence-electron chi connectivity index (χ3n) is 1.79. The van der Waals surface area contributed by atoms with Gasteiger partial charge in [-0.15, -0.1) is 0 Å². The molecule has 0 fully saturated rings. The topological polar surface area (TPSA) is 13.1 Å². The van der Waals surface area contributed by atoms with Gasteiger partial charge >= 0.3 is 0 Å². The standard InChI is InChI=1S/C9H7FO/c1-6-2-3-8(10)9-7(6)4-5-11-9/h2-5H,1H3. The largest absolute Gasteiger partial charge is 0.461 e. The lowest BCUT2D eigenvalue weighted by atomic mass is 10.1. The van der Waals surface area contributed by atoms with Crippen molar-refractivity contribution >= 4 is 11.0 Å². The van der Waals surface area contributed by atoms with Crippen LogP contribution in [-0.2, 0) is 0 Å². The van der Waals surface area contributed by atoms with Crippen molar-refractivity contribution in [1.29, 1.82) is 0 Å². The molecular formula is C9H7FO. The number of furan rings is 1. The maximum Gasteiger partial charge on any atom is 0.169 e. The summed E-state index contributed by atoms with van der Waals surface area (Å²) in [7, 11) is 0. The Morgan fingerprint density at radius 3 is 2.82 bits per heavy atom. The summed E-state index contributed by atoms with van der Waals surface area (Å²) in [4.78, 5) is 0. The molecule has 56 valence electrons. The van der Waals surface area contributed by atoms with Gasteiger partial charge in [0.15, 0.2) is 11.4 Å². The summed E-state index contributed by atoms with van der Waals surface area (Å²) in [5, 5.41) is 0.852. The molecule has 2 aromatic rings. The van der Waals surface area contributed by atoms with E-state index in [1.54, 1.807) is 12.1 Å². The first kappa shape index (κ1) is 6.40. The fraction of sp³-hybridized carbons (Fsp3) is 0.111. The highest BCUT2D eigenvalue weighted by Crippen LogP contribution is 2.21. The highest BCUT2D eigenvalue weighted by molar-refractivity contribution is 5.81. The molecule has 1 heterocycles. The Hall–Kier alpha value is -1.31. The van der Waals surface area contributed by atoms with E-state index in [0.717, 1.165) is 10.9 Å². The normalized spacial score (nSPS) is 10.7. The lowest BCUT2D eigenvalue weighted by molar-refractivity contribution is 0.560. The lowest BCUT2D eigenvalue weighted by Gasteiger charge is -1.93. The van der Waals surface area contributed by atoms with E-state index in [0.29, 0.717) is 5.58 Å². The van der Waals surface area contributed by atoms with Crippen molar-refractivity contribution in [2.75, 3.05) is 0 Å². The number of aryl methyl sites for hydroxylation is 1. The minimum Gasteiger partial charge on any atom is -0.461 e. The Bertz CT molecular complexity index is 353. The average molecular weight is 150 g/mol. The van der Waals surface area contributed by atoms with Crippen molar-refractivity contribution in [1.82, 2.24) is 0 Å². The average Bonchev–Trinajstić information content (AvgIpc) is 2.45. The van der Waals surface area contributed by atoms with Gasteiger partial charge in [-0.05, 0) is 24.6 Å². The molecule has 0 aliphatic carbocycles. The number of rotatable bonds is 0. The zero-order valence-corrected chi connectivity index (χ0v) is 6.10. The van der Waals surface area contributed by atoms with Crippen LogP contribution >= 0.6 is 0 Å². The van der Waals surface area contributed by atoms with Crippen LogP contribution < -0.4 is 0 Å². The van der Waals surface area contributed by atoms with Crippen molar-refractivity contribution in [2.45, 2.75) is 6.92 Å². The van der Waals surface area contributed by atoms with Gasteiger partial charge in [0, 0.05) is 5.39 Å². The van der Waals surface area contributed by atoms with Gasteiger partial charge in [0.2, 0.25) is 0 Å². The van der Waals surface area contributed by atoms with Crippen LogP contribution in [0.15, 0.2) is 28.9 Å². The Morgan fingerprint density at radius 1 is 1.27 bits per heavy atom. The number of hydrogen-bond acceptors (Lipinski definition) is 1. The molecule has 0 atom stereocenters. The summed E-state index contributed by atoms with van der Waals surface area (Å²) in [5.41, 5.74) is 1.39. The summed E-state index contributed by atoms with van der Waals surface area (Å²) in [5.74, 6) is -0.296. The summed E-state index contributed by atoms with van der Waals surface area (Å²) in [6.45, 7) is 1.93. The maximum atomic E-state index is 12.9. The number of hydrogen-bond donors (Lipinski definition) is 0. The monoisotopic (exact) mass is 150 g/mol. The fourth-order valence-electron chi connectivity index (χ4n) is 1.17. The lowest BCUT2D eigenvalue weighted by Crippen LogP contribution is -1.77. The SMILES string of the molecule is Cc1ccc(F)c2occc12. The van der Waals surface area contributed by atoms with E-state index in [2.05, 4.69) is 0 Å². The second kappa shape index (κ2) is 2.09. The highest BCUT2D eigenvalue weighted by atomic mass is 19.1. The van der Waals surface area contributed by atoms with E-state index in [9.17, 15) is 4.39 Å². The van der Waals surface area contributed by atoms with Crippen LogP contribution in [0.5, 0.6) is 0 Å². The second-order valence-corrected chi connectivity index (χ2v) is 2.53. The molecule has 0 aliphatic heterocycles. The summed E-state index contributed by atoms with van der Waals surface area (Å²) >= 11 is 0. The predicted molar refractivity (Wildman–Crippen MR) is 40.9 cm³/mol. The van der Waals surface area contributed by atoms with E-state index in [4.69, 9.17) is 4.42 Å². The molecule has 1 aromatic carbocycles. The highest BCUT2D eigenvalue weighted by Gasteiger charge is 2.04. The third kappa shape index (κ3) is 0.827. The van der Waals surface area contributed by atoms with Crippen LogP contribution in [0.3, 0.4) is 0 Å². The summed E-state index contributed by atoms with van der Waals surface area (Å²) in [6.07, 6.45) is 1.50. The van der Waals surface area contributed by atoms with E-state index in [1.807, 2.05) is 6.92 Å².